The van der Waals surface area contributed by atoms with Crippen molar-refractivity contribution in [2.24, 2.45) is 5.92 Å². The first kappa shape index (κ1) is 12.5. The number of carbonyl (C=O) groups is 1. The van der Waals surface area contributed by atoms with Gasteiger partial charge in [0.05, 0.1) is 13.2 Å². The molecule has 1 amide bonds. The number of rotatable bonds is 4. The highest BCUT2D eigenvalue weighted by Gasteiger charge is 2.18. The minimum absolute atomic E-state index is 0.220. The number of ether oxygens (including phenoxy) is 1. The Bertz CT molecular complexity index is 201. The standard InChI is InChI=1S/C11H22N2O2/c1-9(2)6-11(14)13(3)7-10-8-15-5-4-12-10/h9-10,12H,4-8H2,1-3H3. The number of hydrogen-bond donors (Lipinski definition) is 1. The van der Waals surface area contributed by atoms with Crippen LogP contribution < -0.4 is 5.32 Å². The van der Waals surface area contributed by atoms with Crippen LogP contribution in [0.4, 0.5) is 0 Å². The van der Waals surface area contributed by atoms with Gasteiger partial charge in [-0.25, -0.2) is 0 Å². The second kappa shape index (κ2) is 6.08. The Labute approximate surface area is 92.0 Å². The number of nitrogens with zero attached hydrogens (tertiary/aromatic N) is 1. The molecular formula is C11H22N2O2. The minimum Gasteiger partial charge on any atom is -0.378 e. The van der Waals surface area contributed by atoms with Crippen LogP contribution in [0.25, 0.3) is 0 Å². The second-order valence-corrected chi connectivity index (χ2v) is 4.60. The topological polar surface area (TPSA) is 41.6 Å². The molecule has 0 aromatic carbocycles. The summed E-state index contributed by atoms with van der Waals surface area (Å²) in [4.78, 5) is 13.5. The molecule has 88 valence electrons. The molecule has 15 heavy (non-hydrogen) atoms. The molecule has 0 spiro atoms. The lowest BCUT2D eigenvalue weighted by atomic mass is 10.1. The summed E-state index contributed by atoms with van der Waals surface area (Å²) in [6, 6.07) is 0.292. The van der Waals surface area contributed by atoms with Gasteiger partial charge >= 0.3 is 0 Å². The zero-order valence-corrected chi connectivity index (χ0v) is 9.95. The van der Waals surface area contributed by atoms with Crippen LogP contribution in [-0.4, -0.2) is 50.2 Å². The lowest BCUT2D eigenvalue weighted by molar-refractivity contribution is -0.131. The molecule has 1 aliphatic rings. The van der Waals surface area contributed by atoms with Crippen molar-refractivity contribution in [3.05, 3.63) is 0 Å². The molecule has 1 atom stereocenters. The van der Waals surface area contributed by atoms with E-state index in [1.807, 2.05) is 7.05 Å². The molecule has 4 nitrogen and oxygen atoms in total. The van der Waals surface area contributed by atoms with Crippen molar-refractivity contribution in [1.29, 1.82) is 0 Å². The van der Waals surface area contributed by atoms with Crippen molar-refractivity contribution >= 4 is 5.91 Å². The maximum absolute atomic E-state index is 11.7. The summed E-state index contributed by atoms with van der Waals surface area (Å²) >= 11 is 0. The Morgan fingerprint density at radius 2 is 2.33 bits per heavy atom. The first-order chi connectivity index (χ1) is 7.09. The second-order valence-electron chi connectivity index (χ2n) is 4.60. The van der Waals surface area contributed by atoms with Crippen LogP contribution in [0.5, 0.6) is 0 Å². The monoisotopic (exact) mass is 214 g/mol. The Kier molecular flexibility index (Phi) is 5.05. The molecule has 0 aromatic rings. The minimum atomic E-state index is 0.220. The highest BCUT2D eigenvalue weighted by Crippen LogP contribution is 2.04. The van der Waals surface area contributed by atoms with Crippen molar-refractivity contribution in [3.8, 4) is 0 Å². The molecule has 0 radical (unpaired) electrons. The Morgan fingerprint density at radius 3 is 2.87 bits per heavy atom. The van der Waals surface area contributed by atoms with E-state index in [-0.39, 0.29) is 5.91 Å². The van der Waals surface area contributed by atoms with Crippen molar-refractivity contribution in [2.75, 3.05) is 33.4 Å². The van der Waals surface area contributed by atoms with Crippen molar-refractivity contribution in [2.45, 2.75) is 26.3 Å². The predicted octanol–water partition coefficient (Wildman–Crippen LogP) is 0.479. The first-order valence-electron chi connectivity index (χ1n) is 5.64. The fourth-order valence-electron chi connectivity index (χ4n) is 1.67. The van der Waals surface area contributed by atoms with Crippen LogP contribution in [0.3, 0.4) is 0 Å². The number of likely N-dealkylation sites (N-methyl/N-ethyl adjacent to an activating group) is 1. The van der Waals surface area contributed by atoms with E-state index in [0.717, 1.165) is 19.7 Å². The Hall–Kier alpha value is -0.610. The van der Waals surface area contributed by atoms with Crippen molar-refractivity contribution in [1.82, 2.24) is 10.2 Å². The van der Waals surface area contributed by atoms with E-state index in [4.69, 9.17) is 4.74 Å². The van der Waals surface area contributed by atoms with Gasteiger partial charge in [0.1, 0.15) is 0 Å². The van der Waals surface area contributed by atoms with Gasteiger partial charge < -0.3 is 15.0 Å². The summed E-state index contributed by atoms with van der Waals surface area (Å²) in [6.07, 6.45) is 0.629. The van der Waals surface area contributed by atoms with Crippen LogP contribution in [0.1, 0.15) is 20.3 Å². The molecule has 1 saturated heterocycles. The average Bonchev–Trinajstić information content (AvgIpc) is 2.18. The van der Waals surface area contributed by atoms with Crippen LogP contribution in [-0.2, 0) is 9.53 Å². The summed E-state index contributed by atoms with van der Waals surface area (Å²) in [5.74, 6) is 0.646. The molecule has 4 heteroatoms. The third kappa shape index (κ3) is 4.62. The van der Waals surface area contributed by atoms with E-state index >= 15 is 0 Å². The van der Waals surface area contributed by atoms with Gasteiger partial charge in [0.15, 0.2) is 0 Å². The summed E-state index contributed by atoms with van der Waals surface area (Å²) in [7, 11) is 1.86. The summed E-state index contributed by atoms with van der Waals surface area (Å²) in [6.45, 7) is 7.24. The SMILES string of the molecule is CC(C)CC(=O)N(C)CC1COCCN1. The van der Waals surface area contributed by atoms with Crippen molar-refractivity contribution < 1.29 is 9.53 Å². The molecule has 1 rings (SSSR count). The van der Waals surface area contributed by atoms with Crippen LogP contribution in [0.2, 0.25) is 0 Å². The van der Waals surface area contributed by atoms with Gasteiger partial charge in [-0.15, -0.1) is 0 Å². The van der Waals surface area contributed by atoms with E-state index < -0.39 is 0 Å². The van der Waals surface area contributed by atoms with E-state index in [2.05, 4.69) is 19.2 Å². The highest BCUT2D eigenvalue weighted by atomic mass is 16.5. The van der Waals surface area contributed by atoms with Gasteiger partial charge in [0.25, 0.3) is 0 Å². The Balaban J connectivity index is 2.26. The van der Waals surface area contributed by atoms with E-state index in [1.165, 1.54) is 0 Å². The maximum Gasteiger partial charge on any atom is 0.222 e. The largest absolute Gasteiger partial charge is 0.378 e. The zero-order chi connectivity index (χ0) is 11.3. The molecule has 1 N–H and O–H groups in total. The van der Waals surface area contributed by atoms with Crippen LogP contribution >= 0.6 is 0 Å². The number of nitrogens with one attached hydrogen (secondary N) is 1. The van der Waals surface area contributed by atoms with E-state index in [9.17, 15) is 4.79 Å². The first-order valence-corrected chi connectivity index (χ1v) is 5.64. The maximum atomic E-state index is 11.7. The van der Waals surface area contributed by atoms with E-state index in [0.29, 0.717) is 25.0 Å². The van der Waals surface area contributed by atoms with E-state index in [1.54, 1.807) is 4.90 Å². The number of carbonyl (C=O) groups excluding carboxylic acids is 1. The van der Waals surface area contributed by atoms with Crippen molar-refractivity contribution in [3.63, 3.8) is 0 Å². The number of amides is 1. The summed E-state index contributed by atoms with van der Waals surface area (Å²) in [5.41, 5.74) is 0. The number of hydrogen-bond acceptors (Lipinski definition) is 3. The third-order valence-corrected chi connectivity index (χ3v) is 2.50. The van der Waals surface area contributed by atoms with Crippen LogP contribution in [0, 0.1) is 5.92 Å². The third-order valence-electron chi connectivity index (χ3n) is 2.50. The predicted molar refractivity (Wildman–Crippen MR) is 59.7 cm³/mol. The smallest absolute Gasteiger partial charge is 0.222 e. The molecule has 1 unspecified atom stereocenters. The zero-order valence-electron chi connectivity index (χ0n) is 9.95. The summed E-state index contributed by atoms with van der Waals surface area (Å²) in [5, 5.41) is 3.34. The lowest BCUT2D eigenvalue weighted by Gasteiger charge is -2.28. The van der Waals surface area contributed by atoms with Gasteiger partial charge in [0.2, 0.25) is 5.91 Å². The fraction of sp³-hybridized carbons (Fsp3) is 0.909. The molecule has 0 bridgehead atoms. The molecule has 1 heterocycles. The molecule has 0 aliphatic carbocycles. The fourth-order valence-corrected chi connectivity index (χ4v) is 1.67. The average molecular weight is 214 g/mol. The van der Waals surface area contributed by atoms with Crippen LogP contribution in [0.15, 0.2) is 0 Å². The van der Waals surface area contributed by atoms with Gasteiger partial charge in [-0.1, -0.05) is 13.8 Å². The molecule has 1 aliphatic heterocycles. The van der Waals surface area contributed by atoms with Gasteiger partial charge in [-0.2, -0.15) is 0 Å². The summed E-state index contributed by atoms with van der Waals surface area (Å²) < 4.78 is 5.34. The molecule has 0 saturated carbocycles. The number of morpholine rings is 1. The molecular weight excluding hydrogens is 192 g/mol. The van der Waals surface area contributed by atoms with Gasteiger partial charge in [-0.05, 0) is 5.92 Å². The molecule has 1 fully saturated rings. The quantitative estimate of drug-likeness (QED) is 0.740. The molecule has 0 aromatic heterocycles. The highest BCUT2D eigenvalue weighted by molar-refractivity contribution is 5.76. The Morgan fingerprint density at radius 1 is 1.60 bits per heavy atom. The normalized spacial score (nSPS) is 21.7. The van der Waals surface area contributed by atoms with Gasteiger partial charge in [-0.3, -0.25) is 4.79 Å². The lowest BCUT2D eigenvalue weighted by Crippen LogP contribution is -2.48. The van der Waals surface area contributed by atoms with Gasteiger partial charge in [0, 0.05) is 32.6 Å².